The SMILES string of the molecule is C#CC1CC(=O)N(c2ccc(Cl)cc2Br)C1. The Labute approximate surface area is 108 Å². The van der Waals surface area contributed by atoms with Crippen molar-refractivity contribution in [2.75, 3.05) is 11.4 Å². The molecule has 2 nitrogen and oxygen atoms in total. The number of halogens is 2. The van der Waals surface area contributed by atoms with Gasteiger partial charge in [0.2, 0.25) is 5.91 Å². The Morgan fingerprint density at radius 2 is 2.31 bits per heavy atom. The Kier molecular flexibility index (Phi) is 3.22. The van der Waals surface area contributed by atoms with Gasteiger partial charge in [0.05, 0.1) is 5.69 Å². The third kappa shape index (κ3) is 2.09. The average molecular weight is 299 g/mol. The number of amides is 1. The lowest BCUT2D eigenvalue weighted by atomic mass is 10.1. The van der Waals surface area contributed by atoms with Gasteiger partial charge in [-0.3, -0.25) is 4.79 Å². The number of carbonyl (C=O) groups excluding carboxylic acids is 1. The van der Waals surface area contributed by atoms with Crippen molar-refractivity contribution in [1.82, 2.24) is 0 Å². The van der Waals surface area contributed by atoms with Gasteiger partial charge < -0.3 is 4.90 Å². The van der Waals surface area contributed by atoms with Crippen LogP contribution >= 0.6 is 27.5 Å². The van der Waals surface area contributed by atoms with Gasteiger partial charge in [0.1, 0.15) is 0 Å². The number of benzene rings is 1. The van der Waals surface area contributed by atoms with Crippen molar-refractivity contribution in [3.63, 3.8) is 0 Å². The van der Waals surface area contributed by atoms with Crippen molar-refractivity contribution in [3.05, 3.63) is 27.7 Å². The standard InChI is InChI=1S/C12H9BrClNO/c1-2-8-5-12(16)15(7-8)11-4-3-9(14)6-10(11)13/h1,3-4,6,8H,5,7H2. The summed E-state index contributed by atoms with van der Waals surface area (Å²) in [7, 11) is 0. The van der Waals surface area contributed by atoms with E-state index in [1.807, 2.05) is 6.07 Å². The first kappa shape index (κ1) is 11.5. The fraction of sp³-hybridized carbons (Fsp3) is 0.250. The summed E-state index contributed by atoms with van der Waals surface area (Å²) in [6, 6.07) is 5.36. The minimum absolute atomic E-state index is 0.00933. The van der Waals surface area contributed by atoms with Crippen LogP contribution in [0.1, 0.15) is 6.42 Å². The lowest BCUT2D eigenvalue weighted by molar-refractivity contribution is -0.117. The molecule has 16 heavy (non-hydrogen) atoms. The summed E-state index contributed by atoms with van der Waals surface area (Å²) in [5, 5.41) is 0.635. The Hall–Kier alpha value is -0.980. The van der Waals surface area contributed by atoms with Crippen LogP contribution in [0, 0.1) is 18.3 Å². The van der Waals surface area contributed by atoms with E-state index in [2.05, 4.69) is 21.9 Å². The number of nitrogens with zero attached hydrogens (tertiary/aromatic N) is 1. The molecule has 82 valence electrons. The normalized spacial score (nSPS) is 19.9. The van der Waals surface area contributed by atoms with Gasteiger partial charge >= 0.3 is 0 Å². The third-order valence-electron chi connectivity index (χ3n) is 2.56. The average Bonchev–Trinajstić information content (AvgIpc) is 2.60. The first-order valence-electron chi connectivity index (χ1n) is 4.83. The summed E-state index contributed by atoms with van der Waals surface area (Å²) in [6.45, 7) is 0.579. The number of hydrogen-bond donors (Lipinski definition) is 0. The molecule has 1 aliphatic rings. The zero-order chi connectivity index (χ0) is 11.7. The topological polar surface area (TPSA) is 20.3 Å². The van der Waals surface area contributed by atoms with E-state index in [-0.39, 0.29) is 11.8 Å². The largest absolute Gasteiger partial charge is 0.310 e. The monoisotopic (exact) mass is 297 g/mol. The van der Waals surface area contributed by atoms with Crippen LogP contribution in [0.3, 0.4) is 0 Å². The van der Waals surface area contributed by atoms with Crippen molar-refractivity contribution in [3.8, 4) is 12.3 Å². The summed E-state index contributed by atoms with van der Waals surface area (Å²) in [4.78, 5) is 13.5. The molecule has 1 saturated heterocycles. The van der Waals surface area contributed by atoms with Gasteiger partial charge in [0, 0.05) is 28.4 Å². The zero-order valence-corrected chi connectivity index (χ0v) is 10.8. The van der Waals surface area contributed by atoms with Gasteiger partial charge in [-0.05, 0) is 34.1 Å². The van der Waals surface area contributed by atoms with E-state index < -0.39 is 0 Å². The predicted molar refractivity (Wildman–Crippen MR) is 68.4 cm³/mol. The summed E-state index contributed by atoms with van der Waals surface area (Å²) < 4.78 is 0.811. The van der Waals surface area contributed by atoms with E-state index in [0.717, 1.165) is 10.2 Å². The van der Waals surface area contributed by atoms with Crippen LogP contribution in [-0.2, 0) is 4.79 Å². The second-order valence-corrected chi connectivity index (χ2v) is 4.96. The molecule has 1 aromatic rings. The highest BCUT2D eigenvalue weighted by Crippen LogP contribution is 2.33. The third-order valence-corrected chi connectivity index (χ3v) is 3.43. The second-order valence-electron chi connectivity index (χ2n) is 3.67. The molecule has 0 aromatic heterocycles. The van der Waals surface area contributed by atoms with Crippen LogP contribution in [0.5, 0.6) is 0 Å². The van der Waals surface area contributed by atoms with Crippen molar-refractivity contribution < 1.29 is 4.79 Å². The molecule has 0 radical (unpaired) electrons. The number of hydrogen-bond acceptors (Lipinski definition) is 1. The molecule has 1 aromatic carbocycles. The van der Waals surface area contributed by atoms with E-state index in [4.69, 9.17) is 18.0 Å². The first-order chi connectivity index (χ1) is 7.61. The van der Waals surface area contributed by atoms with E-state index in [1.165, 1.54) is 0 Å². The Morgan fingerprint density at radius 1 is 1.56 bits per heavy atom. The molecule has 4 heteroatoms. The maximum Gasteiger partial charge on any atom is 0.228 e. The van der Waals surface area contributed by atoms with Gasteiger partial charge in [-0.25, -0.2) is 0 Å². The Bertz CT molecular complexity index is 480. The van der Waals surface area contributed by atoms with Crippen LogP contribution in [-0.4, -0.2) is 12.5 Å². The van der Waals surface area contributed by atoms with Crippen LogP contribution < -0.4 is 4.90 Å². The molecule has 1 unspecified atom stereocenters. The van der Waals surface area contributed by atoms with Gasteiger partial charge in [-0.2, -0.15) is 0 Å². The molecule has 0 aliphatic carbocycles. The van der Waals surface area contributed by atoms with E-state index >= 15 is 0 Å². The lowest BCUT2D eigenvalue weighted by Crippen LogP contribution is -2.24. The quantitative estimate of drug-likeness (QED) is 0.730. The molecule has 0 N–H and O–H groups in total. The van der Waals surface area contributed by atoms with Crippen molar-refractivity contribution in [2.24, 2.45) is 5.92 Å². The summed E-state index contributed by atoms with van der Waals surface area (Å²) in [5.74, 6) is 2.69. The van der Waals surface area contributed by atoms with Crippen molar-refractivity contribution in [1.29, 1.82) is 0 Å². The molecule has 0 spiro atoms. The fourth-order valence-electron chi connectivity index (χ4n) is 1.75. The first-order valence-corrected chi connectivity index (χ1v) is 6.00. The molecule has 2 rings (SSSR count). The van der Waals surface area contributed by atoms with E-state index in [1.54, 1.807) is 17.0 Å². The number of terminal acetylenes is 1. The second kappa shape index (κ2) is 4.48. The van der Waals surface area contributed by atoms with Gasteiger partial charge in [-0.1, -0.05) is 11.6 Å². The summed E-state index contributed by atoms with van der Waals surface area (Å²) in [5.41, 5.74) is 0.826. The van der Waals surface area contributed by atoms with Crippen LogP contribution in [0.25, 0.3) is 0 Å². The fourth-order valence-corrected chi connectivity index (χ4v) is 2.65. The highest BCUT2D eigenvalue weighted by atomic mass is 79.9. The highest BCUT2D eigenvalue weighted by Gasteiger charge is 2.30. The smallest absolute Gasteiger partial charge is 0.228 e. The molecular weight excluding hydrogens is 289 g/mol. The number of rotatable bonds is 1. The molecule has 1 heterocycles. The Morgan fingerprint density at radius 3 is 2.88 bits per heavy atom. The summed E-state index contributed by atoms with van der Waals surface area (Å²) >= 11 is 9.25. The van der Waals surface area contributed by atoms with E-state index in [0.29, 0.717) is 18.0 Å². The molecule has 1 atom stereocenters. The molecule has 1 fully saturated rings. The highest BCUT2D eigenvalue weighted by molar-refractivity contribution is 9.10. The van der Waals surface area contributed by atoms with Crippen LogP contribution in [0.2, 0.25) is 5.02 Å². The lowest BCUT2D eigenvalue weighted by Gasteiger charge is -2.17. The minimum atomic E-state index is 0.00933. The zero-order valence-electron chi connectivity index (χ0n) is 8.41. The number of carbonyl (C=O) groups is 1. The van der Waals surface area contributed by atoms with Gasteiger partial charge in [0.15, 0.2) is 0 Å². The molecule has 1 amide bonds. The van der Waals surface area contributed by atoms with Crippen LogP contribution in [0.15, 0.2) is 22.7 Å². The maximum atomic E-state index is 11.8. The van der Waals surface area contributed by atoms with Gasteiger partial charge in [-0.15, -0.1) is 12.3 Å². The van der Waals surface area contributed by atoms with Crippen LogP contribution in [0.4, 0.5) is 5.69 Å². The number of anilines is 1. The molecule has 0 bridgehead atoms. The van der Waals surface area contributed by atoms with Gasteiger partial charge in [0.25, 0.3) is 0 Å². The Balaban J connectivity index is 2.32. The van der Waals surface area contributed by atoms with E-state index in [9.17, 15) is 4.79 Å². The minimum Gasteiger partial charge on any atom is -0.310 e. The molecule has 0 saturated carbocycles. The maximum absolute atomic E-state index is 11.8. The summed E-state index contributed by atoms with van der Waals surface area (Å²) in [6.07, 6.45) is 5.76. The molecule has 1 aliphatic heterocycles. The predicted octanol–water partition coefficient (Wildman–Crippen LogP) is 3.09. The van der Waals surface area contributed by atoms with Crippen molar-refractivity contribution in [2.45, 2.75) is 6.42 Å². The molecular formula is C12H9BrClNO. The van der Waals surface area contributed by atoms with Crippen molar-refractivity contribution >= 4 is 39.1 Å².